The van der Waals surface area contributed by atoms with Gasteiger partial charge in [-0.05, 0) is 32.9 Å². The van der Waals surface area contributed by atoms with E-state index in [1.54, 1.807) is 20.8 Å². The van der Waals surface area contributed by atoms with Crippen molar-refractivity contribution in [1.29, 1.82) is 0 Å². The molecule has 4 rings (SSSR count). The van der Waals surface area contributed by atoms with Gasteiger partial charge >= 0.3 is 11.9 Å². The maximum Gasteiger partial charge on any atom is 0.337 e. The van der Waals surface area contributed by atoms with E-state index in [0.29, 0.717) is 28.3 Å². The number of nitrogens with zero attached hydrogens (tertiary/aromatic N) is 1. The lowest BCUT2D eigenvalue weighted by molar-refractivity contribution is -0.146. The molecule has 2 atom stereocenters. The van der Waals surface area contributed by atoms with Crippen molar-refractivity contribution in [3.63, 3.8) is 0 Å². The molecule has 0 saturated carbocycles. The predicted molar refractivity (Wildman–Crippen MR) is 122 cm³/mol. The fourth-order valence-corrected chi connectivity index (χ4v) is 4.11. The summed E-state index contributed by atoms with van der Waals surface area (Å²) >= 11 is 0. The Morgan fingerprint density at radius 3 is 2.34 bits per heavy atom. The molecule has 164 valence electrons. The van der Waals surface area contributed by atoms with Crippen molar-refractivity contribution in [2.24, 2.45) is 10.9 Å². The number of carbonyl (C=O) groups excluding carboxylic acids is 2. The molecule has 0 N–H and O–H groups in total. The predicted octanol–water partition coefficient (Wildman–Crippen LogP) is 5.14. The van der Waals surface area contributed by atoms with Gasteiger partial charge in [0.05, 0.1) is 30.4 Å². The number of aliphatic imine (C=N–C) groups is 1. The summed E-state index contributed by atoms with van der Waals surface area (Å²) in [4.78, 5) is 31.0. The molecule has 1 aromatic heterocycles. The summed E-state index contributed by atoms with van der Waals surface area (Å²) in [6.07, 6.45) is 0. The number of carbonyl (C=O) groups is 2. The second-order valence-electron chi connectivity index (χ2n) is 7.50. The Hall–Kier alpha value is -3.67. The van der Waals surface area contributed by atoms with E-state index in [4.69, 9.17) is 18.9 Å². The van der Waals surface area contributed by atoms with Crippen molar-refractivity contribution in [3.05, 3.63) is 77.6 Å². The number of fused-ring (bicyclic) bond motifs is 1. The summed E-state index contributed by atoms with van der Waals surface area (Å²) in [6, 6.07) is 18.9. The third kappa shape index (κ3) is 3.96. The van der Waals surface area contributed by atoms with Gasteiger partial charge in [-0.25, -0.2) is 4.79 Å². The number of ether oxygens (including phenoxy) is 2. The summed E-state index contributed by atoms with van der Waals surface area (Å²) in [6.45, 7) is 5.70. The molecule has 2 unspecified atom stereocenters. The van der Waals surface area contributed by atoms with Crippen LogP contribution in [0.5, 0.6) is 0 Å². The number of rotatable bonds is 6. The molecule has 3 aromatic rings. The van der Waals surface area contributed by atoms with Crippen LogP contribution in [0.3, 0.4) is 0 Å². The molecule has 0 bridgehead atoms. The van der Waals surface area contributed by atoms with Crippen LogP contribution >= 0.6 is 0 Å². The lowest BCUT2D eigenvalue weighted by Gasteiger charge is -2.30. The Balaban J connectivity index is 1.98. The van der Waals surface area contributed by atoms with E-state index in [-0.39, 0.29) is 13.2 Å². The van der Waals surface area contributed by atoms with Crippen LogP contribution in [0.15, 0.2) is 75.6 Å². The second-order valence-corrected chi connectivity index (χ2v) is 7.50. The smallest absolute Gasteiger partial charge is 0.337 e. The number of hydrogen-bond donors (Lipinski definition) is 0. The van der Waals surface area contributed by atoms with E-state index in [0.717, 1.165) is 10.9 Å². The first-order valence-corrected chi connectivity index (χ1v) is 10.7. The van der Waals surface area contributed by atoms with E-state index >= 15 is 0 Å². The molecule has 1 aliphatic rings. The topological polar surface area (TPSA) is 78.1 Å². The molecule has 6 heteroatoms. The molecule has 2 heterocycles. The van der Waals surface area contributed by atoms with Crippen LogP contribution in [0.4, 0.5) is 0 Å². The monoisotopic (exact) mass is 431 g/mol. The summed E-state index contributed by atoms with van der Waals surface area (Å²) in [5.74, 6) is -2.01. The molecular weight excluding hydrogens is 406 g/mol. The first-order chi connectivity index (χ1) is 15.5. The first kappa shape index (κ1) is 21.6. The van der Waals surface area contributed by atoms with Crippen molar-refractivity contribution in [1.82, 2.24) is 0 Å². The van der Waals surface area contributed by atoms with Crippen molar-refractivity contribution >= 4 is 34.3 Å². The molecule has 1 aliphatic heterocycles. The van der Waals surface area contributed by atoms with Gasteiger partial charge in [-0.15, -0.1) is 0 Å². The third-order valence-electron chi connectivity index (χ3n) is 5.47. The molecule has 0 saturated heterocycles. The van der Waals surface area contributed by atoms with Crippen molar-refractivity contribution in [2.75, 3.05) is 13.2 Å². The van der Waals surface area contributed by atoms with Gasteiger partial charge in [0.15, 0.2) is 0 Å². The zero-order valence-electron chi connectivity index (χ0n) is 18.3. The van der Waals surface area contributed by atoms with Crippen molar-refractivity contribution in [2.45, 2.75) is 26.7 Å². The van der Waals surface area contributed by atoms with Gasteiger partial charge in [0.2, 0.25) is 0 Å². The van der Waals surface area contributed by atoms with Crippen LogP contribution in [-0.4, -0.2) is 30.9 Å². The van der Waals surface area contributed by atoms with Crippen LogP contribution < -0.4 is 0 Å². The van der Waals surface area contributed by atoms with E-state index < -0.39 is 23.8 Å². The summed E-state index contributed by atoms with van der Waals surface area (Å²) < 4.78 is 16.9. The highest BCUT2D eigenvalue weighted by atomic mass is 16.5. The minimum Gasteiger partial charge on any atom is -0.465 e. The minimum absolute atomic E-state index is 0.198. The Morgan fingerprint density at radius 2 is 1.66 bits per heavy atom. The minimum atomic E-state index is -0.803. The molecule has 0 aliphatic carbocycles. The van der Waals surface area contributed by atoms with Gasteiger partial charge in [0.1, 0.15) is 17.3 Å². The van der Waals surface area contributed by atoms with Crippen molar-refractivity contribution < 1.29 is 23.5 Å². The van der Waals surface area contributed by atoms with Gasteiger partial charge in [0.25, 0.3) is 0 Å². The number of furan rings is 1. The molecule has 32 heavy (non-hydrogen) atoms. The quantitative estimate of drug-likeness (QED) is 0.505. The Kier molecular flexibility index (Phi) is 6.21. The average molecular weight is 431 g/mol. The lowest BCUT2D eigenvalue weighted by atomic mass is 9.77. The zero-order chi connectivity index (χ0) is 22.7. The highest BCUT2D eigenvalue weighted by Crippen LogP contribution is 2.44. The molecule has 6 nitrogen and oxygen atoms in total. The normalized spacial score (nSPS) is 18.4. The zero-order valence-corrected chi connectivity index (χ0v) is 18.3. The number of para-hydroxylation sites is 1. The van der Waals surface area contributed by atoms with E-state index in [9.17, 15) is 9.59 Å². The van der Waals surface area contributed by atoms with Gasteiger partial charge < -0.3 is 13.9 Å². The molecule has 0 amide bonds. The Bertz CT molecular complexity index is 1170. The average Bonchev–Trinajstić information content (AvgIpc) is 3.23. The van der Waals surface area contributed by atoms with Crippen LogP contribution in [0.25, 0.3) is 16.7 Å². The summed E-state index contributed by atoms with van der Waals surface area (Å²) in [5, 5.41) is 0.884. The fourth-order valence-electron chi connectivity index (χ4n) is 4.11. The highest BCUT2D eigenvalue weighted by molar-refractivity contribution is 6.11. The summed E-state index contributed by atoms with van der Waals surface area (Å²) in [7, 11) is 0. The largest absolute Gasteiger partial charge is 0.465 e. The summed E-state index contributed by atoms with van der Waals surface area (Å²) in [5.41, 5.74) is 2.77. The van der Waals surface area contributed by atoms with Crippen LogP contribution in [0, 0.1) is 5.92 Å². The van der Waals surface area contributed by atoms with Crippen LogP contribution in [0.1, 0.15) is 38.0 Å². The third-order valence-corrected chi connectivity index (χ3v) is 5.47. The van der Waals surface area contributed by atoms with E-state index in [2.05, 4.69) is 0 Å². The molecule has 0 radical (unpaired) electrons. The molecular formula is C26H25NO5. The Morgan fingerprint density at radius 1 is 0.969 bits per heavy atom. The van der Waals surface area contributed by atoms with Crippen LogP contribution in [-0.2, 0) is 19.1 Å². The SMILES string of the molecule is CCOC(=O)C1=C(c2ccccc2)N=C(C)C(C(=O)OCC)C1c1cc2ccccc2o1. The van der Waals surface area contributed by atoms with Gasteiger partial charge in [0, 0.05) is 16.7 Å². The lowest BCUT2D eigenvalue weighted by Crippen LogP contribution is -2.36. The molecule has 0 spiro atoms. The number of benzene rings is 2. The van der Waals surface area contributed by atoms with Gasteiger partial charge in [-0.2, -0.15) is 0 Å². The number of hydrogen-bond acceptors (Lipinski definition) is 6. The van der Waals surface area contributed by atoms with E-state index in [1.807, 2.05) is 60.7 Å². The number of esters is 2. The highest BCUT2D eigenvalue weighted by Gasteiger charge is 2.45. The molecule has 0 fully saturated rings. The van der Waals surface area contributed by atoms with E-state index in [1.165, 1.54) is 0 Å². The first-order valence-electron chi connectivity index (χ1n) is 10.7. The van der Waals surface area contributed by atoms with Gasteiger partial charge in [-0.1, -0.05) is 48.5 Å². The maximum atomic E-state index is 13.3. The fraction of sp³-hybridized carbons (Fsp3) is 0.269. The standard InChI is InChI=1S/C26H25NO5/c1-4-30-25(28)21-16(3)27-24(17-11-7-6-8-12-17)23(26(29)31-5-2)22(21)20-15-18-13-9-10-14-19(18)32-20/h6-15,21-22H,4-5H2,1-3H3. The second kappa shape index (κ2) is 9.22. The Labute approximate surface area is 186 Å². The van der Waals surface area contributed by atoms with Crippen LogP contribution in [0.2, 0.25) is 0 Å². The maximum absolute atomic E-state index is 13.3. The van der Waals surface area contributed by atoms with Crippen molar-refractivity contribution in [3.8, 4) is 0 Å². The van der Waals surface area contributed by atoms with Gasteiger partial charge in [-0.3, -0.25) is 9.79 Å². The molecule has 2 aromatic carbocycles.